The first-order valence-electron chi connectivity index (χ1n) is 8.29. The molecule has 0 heterocycles. The number of hydrogen-bond donors (Lipinski definition) is 1. The number of nitrogens with one attached hydrogen (secondary N) is 1. The minimum atomic E-state index is -0.495. The molecule has 0 saturated heterocycles. The molecule has 122 valence electrons. The molecular formula is C18H26ClNO2. The third kappa shape index (κ3) is 5.20. The van der Waals surface area contributed by atoms with Gasteiger partial charge in [-0.15, -0.1) is 0 Å². The van der Waals surface area contributed by atoms with Gasteiger partial charge in [-0.25, -0.2) is 0 Å². The van der Waals surface area contributed by atoms with Crippen molar-refractivity contribution in [2.45, 2.75) is 70.9 Å². The Hall–Kier alpha value is -1.22. The molecule has 4 heteroatoms. The molecule has 1 atom stereocenters. The van der Waals surface area contributed by atoms with Crippen molar-refractivity contribution in [1.29, 1.82) is 0 Å². The Kier molecular flexibility index (Phi) is 6.56. The summed E-state index contributed by atoms with van der Waals surface area (Å²) in [5.41, 5.74) is 0.943. The van der Waals surface area contributed by atoms with Crippen molar-refractivity contribution in [3.63, 3.8) is 0 Å². The Balaban J connectivity index is 1.88. The van der Waals surface area contributed by atoms with Gasteiger partial charge in [0.25, 0.3) is 5.91 Å². The van der Waals surface area contributed by atoms with Crippen molar-refractivity contribution in [1.82, 2.24) is 5.32 Å². The number of hydrogen-bond acceptors (Lipinski definition) is 2. The Bertz CT molecular complexity index is 496. The van der Waals surface area contributed by atoms with Crippen LogP contribution in [0.4, 0.5) is 0 Å². The lowest BCUT2D eigenvalue weighted by Crippen LogP contribution is -2.42. The molecule has 0 unspecified atom stereocenters. The summed E-state index contributed by atoms with van der Waals surface area (Å²) in [4.78, 5) is 12.3. The quantitative estimate of drug-likeness (QED) is 0.876. The van der Waals surface area contributed by atoms with E-state index in [-0.39, 0.29) is 5.91 Å². The number of aryl methyl sites for hydroxylation is 1. The van der Waals surface area contributed by atoms with E-state index in [0.717, 1.165) is 18.4 Å². The van der Waals surface area contributed by atoms with Crippen LogP contribution in [0.5, 0.6) is 5.75 Å². The molecule has 0 aromatic heterocycles. The summed E-state index contributed by atoms with van der Waals surface area (Å²) in [7, 11) is 0. The Labute approximate surface area is 138 Å². The van der Waals surface area contributed by atoms with Gasteiger partial charge < -0.3 is 10.1 Å². The van der Waals surface area contributed by atoms with Crippen molar-refractivity contribution >= 4 is 17.5 Å². The van der Waals surface area contributed by atoms with Crippen LogP contribution in [0, 0.1) is 6.92 Å². The molecule has 1 aliphatic carbocycles. The summed E-state index contributed by atoms with van der Waals surface area (Å²) < 4.78 is 5.79. The van der Waals surface area contributed by atoms with Crippen LogP contribution in [0.2, 0.25) is 5.02 Å². The third-order valence-corrected chi connectivity index (χ3v) is 4.50. The normalized spacial score (nSPS) is 18.1. The van der Waals surface area contributed by atoms with Gasteiger partial charge in [-0.05, 0) is 50.5 Å². The van der Waals surface area contributed by atoms with Gasteiger partial charge in [-0.1, -0.05) is 43.7 Å². The van der Waals surface area contributed by atoms with Crippen LogP contribution in [0.3, 0.4) is 0 Å². The second-order valence-corrected chi connectivity index (χ2v) is 6.66. The topological polar surface area (TPSA) is 38.3 Å². The van der Waals surface area contributed by atoms with Crippen molar-refractivity contribution in [3.05, 3.63) is 28.8 Å². The maximum Gasteiger partial charge on any atom is 0.260 e. The van der Waals surface area contributed by atoms with E-state index in [0.29, 0.717) is 16.8 Å². The number of carbonyl (C=O) groups excluding carboxylic acids is 1. The summed E-state index contributed by atoms with van der Waals surface area (Å²) in [5, 5.41) is 3.82. The molecule has 1 N–H and O–H groups in total. The third-order valence-electron chi connectivity index (χ3n) is 4.26. The number of carbonyl (C=O) groups is 1. The molecule has 3 nitrogen and oxygen atoms in total. The van der Waals surface area contributed by atoms with Crippen LogP contribution in [0.25, 0.3) is 0 Å². The van der Waals surface area contributed by atoms with Crippen LogP contribution in [0.15, 0.2) is 18.2 Å². The first kappa shape index (κ1) is 17.1. The molecule has 1 fully saturated rings. The summed E-state index contributed by atoms with van der Waals surface area (Å²) in [5.74, 6) is 0.685. The van der Waals surface area contributed by atoms with Gasteiger partial charge in [0.05, 0.1) is 0 Å². The van der Waals surface area contributed by atoms with E-state index >= 15 is 0 Å². The minimum absolute atomic E-state index is 0.0278. The average molecular weight is 324 g/mol. The highest BCUT2D eigenvalue weighted by Gasteiger charge is 2.20. The Morgan fingerprint density at radius 3 is 2.50 bits per heavy atom. The molecule has 0 radical (unpaired) electrons. The van der Waals surface area contributed by atoms with Gasteiger partial charge in [0.15, 0.2) is 6.10 Å². The second kappa shape index (κ2) is 8.42. The van der Waals surface area contributed by atoms with Gasteiger partial charge in [0, 0.05) is 11.1 Å². The van der Waals surface area contributed by atoms with Crippen molar-refractivity contribution in [3.8, 4) is 5.75 Å². The summed E-state index contributed by atoms with van der Waals surface area (Å²) >= 11 is 5.94. The van der Waals surface area contributed by atoms with Crippen LogP contribution >= 0.6 is 11.6 Å². The van der Waals surface area contributed by atoms with E-state index in [2.05, 4.69) is 5.32 Å². The molecule has 1 aromatic rings. The summed E-state index contributed by atoms with van der Waals surface area (Å²) in [6, 6.07) is 5.74. The standard InChI is InChI=1S/C18H26ClNO2/c1-13-12-15(19)10-11-17(13)22-14(2)18(21)20-16-8-6-4-3-5-7-9-16/h10-12,14,16H,3-9H2,1-2H3,(H,20,21)/t14-/m1/s1. The smallest absolute Gasteiger partial charge is 0.260 e. The van der Waals surface area contributed by atoms with Crippen LogP contribution in [-0.4, -0.2) is 18.1 Å². The van der Waals surface area contributed by atoms with E-state index in [1.54, 1.807) is 13.0 Å². The zero-order valence-corrected chi connectivity index (χ0v) is 14.3. The van der Waals surface area contributed by atoms with Crippen LogP contribution in [-0.2, 0) is 4.79 Å². The van der Waals surface area contributed by atoms with Crippen molar-refractivity contribution < 1.29 is 9.53 Å². The van der Waals surface area contributed by atoms with E-state index in [1.165, 1.54) is 32.1 Å². The predicted molar refractivity (Wildman–Crippen MR) is 90.5 cm³/mol. The molecular weight excluding hydrogens is 298 g/mol. The van der Waals surface area contributed by atoms with Crippen molar-refractivity contribution in [2.24, 2.45) is 0 Å². The lowest BCUT2D eigenvalue weighted by molar-refractivity contribution is -0.128. The fourth-order valence-corrected chi connectivity index (χ4v) is 3.13. The Morgan fingerprint density at radius 2 is 1.86 bits per heavy atom. The van der Waals surface area contributed by atoms with E-state index < -0.39 is 6.10 Å². The second-order valence-electron chi connectivity index (χ2n) is 6.22. The number of amides is 1. The molecule has 22 heavy (non-hydrogen) atoms. The molecule has 0 spiro atoms. The number of ether oxygens (including phenoxy) is 1. The fraction of sp³-hybridized carbons (Fsp3) is 0.611. The molecule has 1 aromatic carbocycles. The average Bonchev–Trinajstić information content (AvgIpc) is 2.44. The number of halogens is 1. The highest BCUT2D eigenvalue weighted by Crippen LogP contribution is 2.23. The highest BCUT2D eigenvalue weighted by molar-refractivity contribution is 6.30. The summed E-state index contributed by atoms with van der Waals surface area (Å²) in [6.45, 7) is 3.73. The Morgan fingerprint density at radius 1 is 1.23 bits per heavy atom. The molecule has 1 amide bonds. The van der Waals surface area contributed by atoms with Crippen molar-refractivity contribution in [2.75, 3.05) is 0 Å². The van der Waals surface area contributed by atoms with E-state index in [1.807, 2.05) is 19.1 Å². The van der Waals surface area contributed by atoms with E-state index in [4.69, 9.17) is 16.3 Å². The molecule has 1 saturated carbocycles. The number of rotatable bonds is 4. The molecule has 0 aliphatic heterocycles. The predicted octanol–water partition coefficient (Wildman–Crippen LogP) is 4.64. The number of benzene rings is 1. The molecule has 2 rings (SSSR count). The minimum Gasteiger partial charge on any atom is -0.481 e. The SMILES string of the molecule is Cc1cc(Cl)ccc1O[C@H](C)C(=O)NC1CCCCCCC1. The van der Waals surface area contributed by atoms with Gasteiger partial charge >= 0.3 is 0 Å². The zero-order valence-electron chi connectivity index (χ0n) is 13.5. The van der Waals surface area contributed by atoms with Gasteiger partial charge in [-0.2, -0.15) is 0 Å². The molecule has 0 bridgehead atoms. The van der Waals surface area contributed by atoms with Crippen LogP contribution < -0.4 is 10.1 Å². The molecule has 1 aliphatic rings. The maximum atomic E-state index is 12.3. The van der Waals surface area contributed by atoms with Gasteiger partial charge in [-0.3, -0.25) is 4.79 Å². The monoisotopic (exact) mass is 323 g/mol. The fourth-order valence-electron chi connectivity index (χ4n) is 2.91. The zero-order chi connectivity index (χ0) is 15.9. The lowest BCUT2D eigenvalue weighted by atomic mass is 9.96. The highest BCUT2D eigenvalue weighted by atomic mass is 35.5. The van der Waals surface area contributed by atoms with E-state index in [9.17, 15) is 4.79 Å². The van der Waals surface area contributed by atoms with Crippen LogP contribution in [0.1, 0.15) is 57.4 Å². The largest absolute Gasteiger partial charge is 0.481 e. The van der Waals surface area contributed by atoms with Gasteiger partial charge in [0.1, 0.15) is 5.75 Å². The van der Waals surface area contributed by atoms with Gasteiger partial charge in [0.2, 0.25) is 0 Å². The maximum absolute atomic E-state index is 12.3. The first-order chi connectivity index (χ1) is 10.6. The lowest BCUT2D eigenvalue weighted by Gasteiger charge is -2.23. The first-order valence-corrected chi connectivity index (χ1v) is 8.67. The summed E-state index contributed by atoms with van der Waals surface area (Å²) in [6.07, 6.45) is 7.97.